The standard InChI is InChI=1S/C23H25ClSi2/c1-25(2,26(3,4)24)23-16-15-21-20(13-8-14-22(21)23)19-12-7-10-17-9-5-6-11-18(17)19/h5-16,23H,1-4H3. The highest BCUT2D eigenvalue weighted by molar-refractivity contribution is 7.58. The molecule has 1 aliphatic rings. The van der Waals surface area contributed by atoms with Gasteiger partial charge in [-0.25, -0.2) is 0 Å². The summed E-state index contributed by atoms with van der Waals surface area (Å²) in [6.07, 6.45) is 4.78. The molecule has 0 nitrogen and oxygen atoms in total. The highest BCUT2D eigenvalue weighted by Crippen LogP contribution is 2.45. The lowest BCUT2D eigenvalue weighted by Gasteiger charge is -2.38. The number of rotatable bonds is 3. The molecule has 0 heterocycles. The Hall–Kier alpha value is -1.62. The van der Waals surface area contributed by atoms with Gasteiger partial charge in [-0.05, 0) is 38.6 Å². The molecule has 4 rings (SSSR count). The van der Waals surface area contributed by atoms with Crippen LogP contribution in [-0.2, 0) is 0 Å². The van der Waals surface area contributed by atoms with E-state index in [1.807, 2.05) is 0 Å². The number of hydrogen-bond acceptors (Lipinski definition) is 0. The summed E-state index contributed by atoms with van der Waals surface area (Å²) in [7, 11) is -1.58. The molecule has 0 amide bonds. The molecule has 3 heteroatoms. The Bertz CT molecular complexity index is 1010. The van der Waals surface area contributed by atoms with Crippen molar-refractivity contribution in [2.45, 2.75) is 31.7 Å². The van der Waals surface area contributed by atoms with E-state index < -0.39 is 14.5 Å². The van der Waals surface area contributed by atoms with Gasteiger partial charge in [0, 0.05) is 0 Å². The fourth-order valence-corrected chi connectivity index (χ4v) is 10.4. The molecule has 3 aromatic carbocycles. The molecule has 1 aliphatic carbocycles. The highest BCUT2D eigenvalue weighted by atomic mass is 35.6. The quantitative estimate of drug-likeness (QED) is 0.322. The van der Waals surface area contributed by atoms with E-state index in [0.717, 1.165) is 0 Å². The van der Waals surface area contributed by atoms with Crippen LogP contribution < -0.4 is 0 Å². The van der Waals surface area contributed by atoms with Crippen molar-refractivity contribution in [1.29, 1.82) is 0 Å². The van der Waals surface area contributed by atoms with Gasteiger partial charge in [-0.1, -0.05) is 99.0 Å². The van der Waals surface area contributed by atoms with Crippen molar-refractivity contribution in [2.75, 3.05) is 0 Å². The van der Waals surface area contributed by atoms with Gasteiger partial charge in [-0.15, -0.1) is 0 Å². The highest BCUT2D eigenvalue weighted by Gasteiger charge is 2.47. The van der Waals surface area contributed by atoms with Crippen LogP contribution >= 0.6 is 11.1 Å². The third kappa shape index (κ3) is 2.72. The van der Waals surface area contributed by atoms with Crippen LogP contribution in [0.2, 0.25) is 26.2 Å². The lowest BCUT2D eigenvalue weighted by molar-refractivity contribution is 1.18. The van der Waals surface area contributed by atoms with Crippen LogP contribution in [0.3, 0.4) is 0 Å². The van der Waals surface area contributed by atoms with Gasteiger partial charge in [0.25, 0.3) is 0 Å². The normalized spacial score (nSPS) is 16.9. The molecule has 1 atom stereocenters. The van der Waals surface area contributed by atoms with E-state index in [1.54, 1.807) is 0 Å². The van der Waals surface area contributed by atoms with Gasteiger partial charge in [0.1, 0.15) is 6.90 Å². The Balaban J connectivity index is 1.90. The zero-order valence-electron chi connectivity index (χ0n) is 15.9. The Morgan fingerprint density at radius 2 is 1.42 bits per heavy atom. The molecular formula is C23H25ClSi2. The molecule has 0 spiro atoms. The first kappa shape index (κ1) is 17.8. The first-order chi connectivity index (χ1) is 12.3. The monoisotopic (exact) mass is 392 g/mol. The number of fused-ring (bicyclic) bond motifs is 2. The number of halogens is 1. The molecule has 0 aliphatic heterocycles. The predicted molar refractivity (Wildman–Crippen MR) is 122 cm³/mol. The molecule has 0 aromatic heterocycles. The van der Waals surface area contributed by atoms with Crippen molar-refractivity contribution in [2.24, 2.45) is 0 Å². The molecule has 0 radical (unpaired) electrons. The van der Waals surface area contributed by atoms with Gasteiger partial charge >= 0.3 is 0 Å². The first-order valence-corrected chi connectivity index (χ1v) is 17.4. The van der Waals surface area contributed by atoms with Crippen LogP contribution in [0.15, 0.2) is 66.7 Å². The molecule has 1 unspecified atom stereocenters. The van der Waals surface area contributed by atoms with E-state index in [4.69, 9.17) is 11.1 Å². The summed E-state index contributed by atoms with van der Waals surface area (Å²) in [6.45, 7) is 7.89. The summed E-state index contributed by atoms with van der Waals surface area (Å²) in [4.78, 5) is 0. The second-order valence-corrected chi connectivity index (χ2v) is 26.8. The van der Waals surface area contributed by atoms with E-state index >= 15 is 0 Å². The fraction of sp³-hybridized carbons (Fsp3) is 0.217. The van der Waals surface area contributed by atoms with E-state index in [0.29, 0.717) is 5.54 Å². The molecule has 3 aromatic rings. The van der Waals surface area contributed by atoms with Gasteiger partial charge in [0.05, 0.1) is 7.59 Å². The predicted octanol–water partition coefficient (Wildman–Crippen LogP) is 7.39. The second kappa shape index (κ2) is 6.22. The van der Waals surface area contributed by atoms with Gasteiger partial charge in [0.2, 0.25) is 0 Å². The molecule has 132 valence electrons. The van der Waals surface area contributed by atoms with Gasteiger partial charge < -0.3 is 0 Å². The van der Waals surface area contributed by atoms with Crippen LogP contribution in [0.25, 0.3) is 28.0 Å². The molecule has 0 N–H and O–H groups in total. The average Bonchev–Trinajstić information content (AvgIpc) is 3.05. The molecular weight excluding hydrogens is 368 g/mol. The van der Waals surface area contributed by atoms with E-state index in [-0.39, 0.29) is 0 Å². The Morgan fingerprint density at radius 1 is 0.769 bits per heavy atom. The maximum atomic E-state index is 6.97. The SMILES string of the molecule is C[Si](C)(Cl)[Si](C)(C)C1C=Cc2c(-c3cccc4ccccc34)cccc21. The summed E-state index contributed by atoms with van der Waals surface area (Å²) in [5.74, 6) is 0. The maximum absolute atomic E-state index is 6.97. The summed E-state index contributed by atoms with van der Waals surface area (Å²) in [5, 5.41) is 2.62. The van der Waals surface area contributed by atoms with Crippen LogP contribution in [0.5, 0.6) is 0 Å². The summed E-state index contributed by atoms with van der Waals surface area (Å²) in [5.41, 5.74) is 6.06. The number of allylic oxidation sites excluding steroid dienone is 1. The molecule has 0 bridgehead atoms. The Morgan fingerprint density at radius 3 is 2.19 bits per heavy atom. The fourth-order valence-electron chi connectivity index (χ4n) is 4.03. The third-order valence-electron chi connectivity index (χ3n) is 6.32. The van der Waals surface area contributed by atoms with Crippen LogP contribution in [0.4, 0.5) is 0 Å². The first-order valence-electron chi connectivity index (χ1n) is 9.29. The van der Waals surface area contributed by atoms with Crippen molar-refractivity contribution in [3.8, 4) is 11.1 Å². The average molecular weight is 393 g/mol. The minimum Gasteiger partial charge on any atom is -0.171 e. The van der Waals surface area contributed by atoms with Crippen molar-refractivity contribution in [1.82, 2.24) is 0 Å². The minimum atomic E-state index is -1.70. The van der Waals surface area contributed by atoms with Crippen molar-refractivity contribution in [3.05, 3.63) is 77.9 Å². The van der Waals surface area contributed by atoms with Crippen molar-refractivity contribution < 1.29 is 0 Å². The van der Waals surface area contributed by atoms with Crippen LogP contribution in [0, 0.1) is 0 Å². The van der Waals surface area contributed by atoms with Crippen LogP contribution in [-0.4, -0.2) is 14.5 Å². The van der Waals surface area contributed by atoms with Gasteiger partial charge in [0.15, 0.2) is 0 Å². The smallest absolute Gasteiger partial charge is 0.141 e. The Kier molecular flexibility index (Phi) is 4.26. The van der Waals surface area contributed by atoms with E-state index in [9.17, 15) is 0 Å². The molecule has 26 heavy (non-hydrogen) atoms. The van der Waals surface area contributed by atoms with Gasteiger partial charge in [-0.3, -0.25) is 0 Å². The maximum Gasteiger partial charge on any atom is 0.141 e. The van der Waals surface area contributed by atoms with Gasteiger partial charge in [-0.2, -0.15) is 11.1 Å². The zero-order chi connectivity index (χ0) is 18.5. The largest absolute Gasteiger partial charge is 0.171 e. The summed E-state index contributed by atoms with van der Waals surface area (Å²) < 4.78 is 0. The van der Waals surface area contributed by atoms with E-state index in [1.165, 1.54) is 33.0 Å². The molecule has 0 saturated heterocycles. The minimum absolute atomic E-state index is 0.520. The summed E-state index contributed by atoms with van der Waals surface area (Å²) >= 11 is 6.97. The zero-order valence-corrected chi connectivity index (χ0v) is 18.6. The van der Waals surface area contributed by atoms with Crippen molar-refractivity contribution in [3.63, 3.8) is 0 Å². The molecule has 0 saturated carbocycles. The topological polar surface area (TPSA) is 0 Å². The Labute approximate surface area is 163 Å². The van der Waals surface area contributed by atoms with Crippen LogP contribution in [0.1, 0.15) is 16.7 Å². The summed E-state index contributed by atoms with van der Waals surface area (Å²) in [6, 6.07) is 22.1. The van der Waals surface area contributed by atoms with E-state index in [2.05, 4.69) is 99.0 Å². The number of hydrogen-bond donors (Lipinski definition) is 0. The lowest BCUT2D eigenvalue weighted by atomic mass is 9.93. The third-order valence-corrected chi connectivity index (χ3v) is 26.0. The lowest BCUT2D eigenvalue weighted by Crippen LogP contribution is -2.54. The van der Waals surface area contributed by atoms with Crippen molar-refractivity contribution >= 4 is 42.4 Å². The second-order valence-electron chi connectivity index (χ2n) is 8.37. The molecule has 0 fully saturated rings. The number of benzene rings is 3.